The second-order valence-corrected chi connectivity index (χ2v) is 21.7. The average molecular weight is 1180 g/mol. The number of nitrogens with one attached hydrogen (secondary N) is 1. The second kappa shape index (κ2) is 27.2. The lowest BCUT2D eigenvalue weighted by molar-refractivity contribution is -0.131. The van der Waals surface area contributed by atoms with E-state index in [1.807, 2.05) is 79.8 Å². The summed E-state index contributed by atoms with van der Waals surface area (Å²) in [7, 11) is 3.81. The maximum Gasteiger partial charge on any atom is 0.377 e. The van der Waals surface area contributed by atoms with Gasteiger partial charge in [0.15, 0.2) is 34.6 Å². The number of nitrogens with two attached hydrogens (primary N) is 1. The molecule has 0 spiro atoms. The normalized spacial score (nSPS) is 16.0. The summed E-state index contributed by atoms with van der Waals surface area (Å²) in [6, 6.07) is 29.8. The fourth-order valence-corrected chi connectivity index (χ4v) is 11.3. The fraction of sp³-hybridized carbons (Fsp3) is 0.354. The van der Waals surface area contributed by atoms with Crippen LogP contribution >= 0.6 is 0 Å². The van der Waals surface area contributed by atoms with Gasteiger partial charge in [-0.25, -0.2) is 13.6 Å². The Kier molecular flexibility index (Phi) is 19.6. The number of amides is 1. The number of carboxylic acid groups (broad SMARTS) is 1. The van der Waals surface area contributed by atoms with Gasteiger partial charge in [-0.1, -0.05) is 68.1 Å². The zero-order chi connectivity index (χ0) is 60.1. The number of rotatable bonds is 15. The third kappa shape index (κ3) is 13.9. The van der Waals surface area contributed by atoms with E-state index in [2.05, 4.69) is 31.4 Å². The van der Waals surface area contributed by atoms with Crippen LogP contribution in [0.25, 0.3) is 44.1 Å². The molecule has 1 amide bonds. The van der Waals surface area contributed by atoms with Gasteiger partial charge in [0.2, 0.25) is 5.78 Å². The molecule has 21 heteroatoms. The molecule has 6 aromatic carbocycles. The molecule has 2 aromatic heterocycles. The number of benzene rings is 6. The molecule has 452 valence electrons. The minimum Gasteiger partial charge on any atom is -0.486 e. The predicted molar refractivity (Wildman–Crippen MR) is 321 cm³/mol. The Bertz CT molecular complexity index is 3760. The topological polar surface area (TPSA) is 246 Å². The highest BCUT2D eigenvalue weighted by molar-refractivity contribution is 6.43. The van der Waals surface area contributed by atoms with Gasteiger partial charge in [0.05, 0.1) is 34.6 Å². The highest BCUT2D eigenvalue weighted by Crippen LogP contribution is 2.38. The van der Waals surface area contributed by atoms with E-state index < -0.39 is 59.4 Å². The average Bonchev–Trinajstić information content (AvgIpc) is 3.14. The van der Waals surface area contributed by atoms with Crippen LogP contribution in [0.3, 0.4) is 0 Å². The standard InChI is InChI=1S/C32H33FN4O5.C17H14N2O3.C15H21FN2O3.CH4/c1-19-24-15-22(9-10-27(24)36(2)35-19)20-5-7-21(8-6-20)30(39)32(40)34-26(18-37-11-3-4-12-37)29(38)23-16-25(33)31-28(17-23)41-13-14-42-31;1-10-14-9-13(7-8-15(14)19(2)18-10)11-3-5-12(6-4-11)16(20)17(21)22;16-11-7-10(8-13-15(11)21-6-5-20-13)14(19)12(17)9-18-3-1-2-4-18;/h5-10,15-17,26,29,38H,3-4,11-14,18H2,1-2H3,(H,34,40);3-9H,1-2H3,(H,21,22);7-8,12,14,19H,1-6,9,17H2;1H4/t26-,29-;;12-,14-;/m1.1./s1. The molecule has 6 heterocycles. The summed E-state index contributed by atoms with van der Waals surface area (Å²) in [6.45, 7) is 9.71. The Morgan fingerprint density at radius 2 is 0.977 bits per heavy atom. The van der Waals surface area contributed by atoms with Gasteiger partial charge in [-0.15, -0.1) is 0 Å². The lowest BCUT2D eigenvalue weighted by Gasteiger charge is -2.29. The first-order valence-electron chi connectivity index (χ1n) is 28.4. The summed E-state index contributed by atoms with van der Waals surface area (Å²) in [4.78, 5) is 52.8. The number of halogens is 2. The van der Waals surface area contributed by atoms with Gasteiger partial charge in [0.1, 0.15) is 32.5 Å². The number of hydrogen-bond acceptors (Lipinski definition) is 15. The van der Waals surface area contributed by atoms with Crippen molar-refractivity contribution in [2.75, 3.05) is 65.7 Å². The van der Waals surface area contributed by atoms with Crippen LogP contribution in [0, 0.1) is 25.5 Å². The van der Waals surface area contributed by atoms with Gasteiger partial charge >= 0.3 is 5.97 Å². The number of carbonyl (C=O) groups excluding carboxylic acids is 3. The van der Waals surface area contributed by atoms with Crippen molar-refractivity contribution >= 4 is 45.2 Å². The van der Waals surface area contributed by atoms with Crippen molar-refractivity contribution in [2.24, 2.45) is 19.8 Å². The van der Waals surface area contributed by atoms with Crippen molar-refractivity contribution in [3.8, 4) is 45.3 Å². The minimum atomic E-state index is -1.44. The molecule has 8 aromatic rings. The molecule has 0 unspecified atom stereocenters. The van der Waals surface area contributed by atoms with Gasteiger partial charge in [0.25, 0.3) is 11.7 Å². The van der Waals surface area contributed by atoms with Gasteiger partial charge < -0.3 is 55.1 Å². The van der Waals surface area contributed by atoms with Crippen LogP contribution in [0.5, 0.6) is 23.0 Å². The SMILES string of the molecule is C.Cc1nn(C)c2ccc(-c3ccc(C(=O)C(=O)N[C@H](CN4CCCC4)[C@H](O)c4cc(F)c5c(c4)OCCO5)cc3)cc12.Cc1nn(C)c2ccc(-c3ccc(C(=O)C(=O)O)cc3)cc12.N[C@H](CN1CCCC1)[C@H](O)c1cc(F)c2c(c1)OCCO2. The third-order valence-electron chi connectivity index (χ3n) is 15.8. The monoisotopic (exact) mass is 1180 g/mol. The number of carboxylic acids is 1. The maximum absolute atomic E-state index is 14.8. The van der Waals surface area contributed by atoms with Crippen LogP contribution < -0.4 is 30.0 Å². The van der Waals surface area contributed by atoms with E-state index in [9.17, 15) is 38.2 Å². The van der Waals surface area contributed by atoms with E-state index in [4.69, 9.17) is 29.8 Å². The van der Waals surface area contributed by atoms with Crippen LogP contribution in [-0.2, 0) is 23.7 Å². The number of Topliss-reactive ketones (excluding diaryl/α,β-unsaturated/α-hetero) is 2. The number of aliphatic hydroxyl groups excluding tert-OH is 2. The van der Waals surface area contributed by atoms with Gasteiger partial charge in [-0.3, -0.25) is 23.7 Å². The molecule has 4 atom stereocenters. The van der Waals surface area contributed by atoms with E-state index in [0.29, 0.717) is 37.6 Å². The quantitative estimate of drug-likeness (QED) is 0.0477. The van der Waals surface area contributed by atoms with Gasteiger partial charge in [0, 0.05) is 55.1 Å². The zero-order valence-electron chi connectivity index (χ0n) is 47.7. The third-order valence-corrected chi connectivity index (χ3v) is 15.8. The molecule has 0 saturated carbocycles. The summed E-state index contributed by atoms with van der Waals surface area (Å²) in [6.07, 6.45) is 2.15. The van der Waals surface area contributed by atoms with Crippen LogP contribution in [0.4, 0.5) is 8.78 Å². The first-order chi connectivity index (χ1) is 40.9. The summed E-state index contributed by atoms with van der Waals surface area (Å²) in [5, 5.41) is 44.1. The molecule has 4 aliphatic rings. The van der Waals surface area contributed by atoms with Crippen molar-refractivity contribution in [1.82, 2.24) is 34.7 Å². The second-order valence-electron chi connectivity index (χ2n) is 21.7. The van der Waals surface area contributed by atoms with Gasteiger partial charge in [-0.2, -0.15) is 10.2 Å². The number of aromatic nitrogens is 4. The number of fused-ring (bicyclic) bond motifs is 4. The Morgan fingerprint density at radius 1 is 0.570 bits per heavy atom. The summed E-state index contributed by atoms with van der Waals surface area (Å²) in [5.41, 5.74) is 14.9. The van der Waals surface area contributed by atoms with E-state index in [0.717, 1.165) is 94.5 Å². The number of aliphatic hydroxyl groups is 2. The Morgan fingerprint density at radius 3 is 1.43 bits per heavy atom. The minimum absolute atomic E-state index is 0. The fourth-order valence-electron chi connectivity index (χ4n) is 11.3. The first-order valence-corrected chi connectivity index (χ1v) is 28.4. The molecule has 86 heavy (non-hydrogen) atoms. The van der Waals surface area contributed by atoms with Gasteiger partial charge in [-0.05, 0) is 148 Å². The Hall–Kier alpha value is -8.60. The lowest BCUT2D eigenvalue weighted by Crippen LogP contribution is -2.48. The number of aryl methyl sites for hydroxylation is 4. The molecule has 4 aliphatic heterocycles. The number of hydrogen-bond donors (Lipinski definition) is 5. The van der Waals surface area contributed by atoms with Crippen molar-refractivity contribution in [2.45, 2.75) is 71.2 Å². The molecular weight excluding hydrogens is 1110 g/mol. The maximum atomic E-state index is 14.8. The first kappa shape index (κ1) is 61.9. The number of ether oxygens (including phenoxy) is 4. The van der Waals surface area contributed by atoms with Crippen molar-refractivity contribution < 1.29 is 62.2 Å². The number of carbonyl (C=O) groups is 4. The predicted octanol–water partition coefficient (Wildman–Crippen LogP) is 8.46. The molecule has 6 N–H and O–H groups in total. The number of ketones is 2. The van der Waals surface area contributed by atoms with E-state index in [1.54, 1.807) is 30.3 Å². The molecule has 2 fully saturated rings. The number of likely N-dealkylation sites (tertiary alicyclic amines) is 2. The molecule has 0 radical (unpaired) electrons. The molecule has 12 rings (SSSR count). The Labute approximate surface area is 496 Å². The van der Waals surface area contributed by atoms with Crippen LogP contribution in [-0.4, -0.2) is 146 Å². The lowest BCUT2D eigenvalue weighted by atomic mass is 9.99. The molecule has 0 bridgehead atoms. The highest BCUT2D eigenvalue weighted by atomic mass is 19.1. The number of nitrogens with zero attached hydrogens (tertiary/aromatic N) is 6. The van der Waals surface area contributed by atoms with E-state index in [-0.39, 0.29) is 54.6 Å². The smallest absolute Gasteiger partial charge is 0.377 e. The van der Waals surface area contributed by atoms with E-state index in [1.165, 1.54) is 43.2 Å². The number of aliphatic carboxylic acids is 1. The largest absolute Gasteiger partial charge is 0.486 e. The van der Waals surface area contributed by atoms with Crippen molar-refractivity contribution in [3.63, 3.8) is 0 Å². The van der Waals surface area contributed by atoms with Crippen LogP contribution in [0.15, 0.2) is 109 Å². The zero-order valence-corrected chi connectivity index (χ0v) is 47.7. The summed E-state index contributed by atoms with van der Waals surface area (Å²) < 4.78 is 53.9. The summed E-state index contributed by atoms with van der Waals surface area (Å²) in [5.74, 6) is -4.40. The summed E-state index contributed by atoms with van der Waals surface area (Å²) >= 11 is 0. The Balaban J connectivity index is 0.000000169. The van der Waals surface area contributed by atoms with Crippen molar-refractivity contribution in [3.05, 3.63) is 154 Å². The van der Waals surface area contributed by atoms with Crippen LogP contribution in [0.1, 0.15) is 88.5 Å². The molecule has 19 nitrogen and oxygen atoms in total. The van der Waals surface area contributed by atoms with E-state index >= 15 is 0 Å². The molecule has 0 aliphatic carbocycles. The highest BCUT2D eigenvalue weighted by Gasteiger charge is 2.32. The van der Waals surface area contributed by atoms with Crippen LogP contribution in [0.2, 0.25) is 0 Å². The molecular formula is C65H72F2N8O11. The van der Waals surface area contributed by atoms with Crippen molar-refractivity contribution in [1.29, 1.82) is 0 Å². The molecule has 2 saturated heterocycles.